The van der Waals surface area contributed by atoms with Crippen molar-refractivity contribution in [3.05, 3.63) is 84.3 Å². The fourth-order valence-corrected chi connectivity index (χ4v) is 3.84. The molecular weight excluding hydrogens is 384 g/mol. The van der Waals surface area contributed by atoms with Gasteiger partial charge in [0.1, 0.15) is 11.6 Å². The number of hydrogen-bond acceptors (Lipinski definition) is 5. The lowest BCUT2D eigenvalue weighted by Crippen LogP contribution is -2.08. The van der Waals surface area contributed by atoms with E-state index in [0.29, 0.717) is 5.56 Å². The van der Waals surface area contributed by atoms with Gasteiger partial charge in [0.15, 0.2) is 0 Å². The second kappa shape index (κ2) is 7.54. The number of benzene rings is 2. The molecule has 2 aromatic carbocycles. The van der Waals surface area contributed by atoms with Gasteiger partial charge in [-0.25, -0.2) is 0 Å². The highest BCUT2D eigenvalue weighted by atomic mass is 15.3. The number of hydrogen-bond donors (Lipinski definition) is 1. The Morgan fingerprint density at radius 2 is 1.74 bits per heavy atom. The topological polar surface area (TPSA) is 79.4 Å². The highest BCUT2D eigenvalue weighted by Crippen LogP contribution is 2.33. The van der Waals surface area contributed by atoms with Crippen molar-refractivity contribution in [3.8, 4) is 17.2 Å². The molecule has 0 bridgehead atoms. The van der Waals surface area contributed by atoms with Gasteiger partial charge in [-0.15, -0.1) is 0 Å². The number of nitriles is 1. The molecule has 3 aromatic heterocycles. The first kappa shape index (κ1) is 18.8. The van der Waals surface area contributed by atoms with Crippen LogP contribution in [0.2, 0.25) is 0 Å². The van der Waals surface area contributed by atoms with Crippen LogP contribution in [0.15, 0.2) is 73.2 Å². The van der Waals surface area contributed by atoms with Crippen molar-refractivity contribution < 1.29 is 0 Å². The van der Waals surface area contributed by atoms with Gasteiger partial charge < -0.3 is 5.32 Å². The molecule has 5 rings (SSSR count). The fourth-order valence-electron chi connectivity index (χ4n) is 3.84. The Morgan fingerprint density at radius 1 is 0.935 bits per heavy atom. The number of aryl methyl sites for hydroxylation is 1. The Hall–Kier alpha value is -4.24. The van der Waals surface area contributed by atoms with E-state index in [1.165, 1.54) is 0 Å². The highest BCUT2D eigenvalue weighted by molar-refractivity contribution is 5.97. The Kier molecular flexibility index (Phi) is 4.57. The van der Waals surface area contributed by atoms with Crippen LogP contribution in [0.3, 0.4) is 0 Å². The van der Waals surface area contributed by atoms with Gasteiger partial charge in [0, 0.05) is 36.4 Å². The molecule has 6 nitrogen and oxygen atoms in total. The summed E-state index contributed by atoms with van der Waals surface area (Å²) in [5.41, 5.74) is 7.13. The summed E-state index contributed by atoms with van der Waals surface area (Å²) in [6.45, 7) is 2.09. The van der Waals surface area contributed by atoms with Gasteiger partial charge >= 0.3 is 0 Å². The van der Waals surface area contributed by atoms with Gasteiger partial charge in [-0.05, 0) is 36.2 Å². The van der Waals surface area contributed by atoms with Gasteiger partial charge in [0.05, 0.1) is 28.5 Å². The summed E-state index contributed by atoms with van der Waals surface area (Å²) in [4.78, 5) is 9.03. The third-order valence-electron chi connectivity index (χ3n) is 5.58. The molecule has 150 valence electrons. The number of anilines is 1. The zero-order valence-electron chi connectivity index (χ0n) is 17.2. The third kappa shape index (κ3) is 3.36. The first-order chi connectivity index (χ1) is 15.1. The summed E-state index contributed by atoms with van der Waals surface area (Å²) in [5.74, 6) is 0. The second-order valence-corrected chi connectivity index (χ2v) is 7.56. The lowest BCUT2D eigenvalue weighted by Gasteiger charge is -2.18. The van der Waals surface area contributed by atoms with Crippen LogP contribution in [-0.4, -0.2) is 19.7 Å². The van der Waals surface area contributed by atoms with E-state index in [4.69, 9.17) is 0 Å². The van der Waals surface area contributed by atoms with Gasteiger partial charge in [-0.3, -0.25) is 14.6 Å². The molecule has 0 saturated heterocycles. The lowest BCUT2D eigenvalue weighted by molar-refractivity contribution is 0.797. The fraction of sp³-hybridized carbons (Fsp3) is 0.120. The van der Waals surface area contributed by atoms with E-state index in [9.17, 15) is 5.26 Å². The maximum absolute atomic E-state index is 9.72. The predicted octanol–water partition coefficient (Wildman–Crippen LogP) is 5.23. The van der Waals surface area contributed by atoms with Gasteiger partial charge in [0.2, 0.25) is 0 Å². The molecule has 6 heteroatoms. The molecule has 1 N–H and O–H groups in total. The minimum atomic E-state index is 0.0371. The summed E-state index contributed by atoms with van der Waals surface area (Å²) in [6, 6.07) is 20.7. The summed E-state index contributed by atoms with van der Waals surface area (Å²) in [7, 11) is 1.91. The van der Waals surface area contributed by atoms with Crippen LogP contribution in [-0.2, 0) is 7.05 Å². The standard InChI is InChI=1S/C25H20N6/c1-16(17-6-4-3-5-7-17)30-25-20(12-26)14-27-22-9-8-18(10-21(22)25)19-11-24-23(28-13-19)15-29-31(24)2/h3-11,13-16H,1-2H3,(H,27,30). The molecule has 0 aliphatic carbocycles. The molecule has 1 unspecified atom stereocenters. The van der Waals surface area contributed by atoms with Crippen LogP contribution in [0, 0.1) is 11.3 Å². The number of nitrogens with one attached hydrogen (secondary N) is 1. The van der Waals surface area contributed by atoms with Crippen LogP contribution in [0.25, 0.3) is 33.1 Å². The van der Waals surface area contributed by atoms with Crippen LogP contribution in [0.4, 0.5) is 5.69 Å². The van der Waals surface area contributed by atoms with Gasteiger partial charge in [0.25, 0.3) is 0 Å². The van der Waals surface area contributed by atoms with E-state index in [0.717, 1.165) is 44.3 Å². The van der Waals surface area contributed by atoms with E-state index >= 15 is 0 Å². The van der Waals surface area contributed by atoms with E-state index < -0.39 is 0 Å². The van der Waals surface area contributed by atoms with Crippen LogP contribution in [0.1, 0.15) is 24.1 Å². The van der Waals surface area contributed by atoms with Crippen molar-refractivity contribution in [3.63, 3.8) is 0 Å². The zero-order valence-corrected chi connectivity index (χ0v) is 17.2. The molecule has 0 radical (unpaired) electrons. The minimum absolute atomic E-state index is 0.0371. The molecule has 5 aromatic rings. The molecule has 1 atom stereocenters. The van der Waals surface area contributed by atoms with Crippen molar-refractivity contribution in [1.29, 1.82) is 5.26 Å². The Morgan fingerprint density at radius 3 is 2.55 bits per heavy atom. The lowest BCUT2D eigenvalue weighted by atomic mass is 10.0. The summed E-state index contributed by atoms with van der Waals surface area (Å²) in [5, 5.41) is 18.4. The normalized spacial score (nSPS) is 12.0. The van der Waals surface area contributed by atoms with Crippen molar-refractivity contribution in [2.24, 2.45) is 7.05 Å². The Balaban J connectivity index is 1.63. The van der Waals surface area contributed by atoms with Crippen molar-refractivity contribution in [2.75, 3.05) is 5.32 Å². The number of fused-ring (bicyclic) bond motifs is 2. The highest BCUT2D eigenvalue weighted by Gasteiger charge is 2.14. The van der Waals surface area contributed by atoms with Gasteiger partial charge in [-0.2, -0.15) is 10.4 Å². The van der Waals surface area contributed by atoms with E-state index in [-0.39, 0.29) is 6.04 Å². The first-order valence-electron chi connectivity index (χ1n) is 10.1. The molecule has 0 saturated carbocycles. The second-order valence-electron chi connectivity index (χ2n) is 7.56. The van der Waals surface area contributed by atoms with Crippen molar-refractivity contribution >= 4 is 27.6 Å². The van der Waals surface area contributed by atoms with E-state index in [1.54, 1.807) is 12.4 Å². The maximum atomic E-state index is 9.72. The third-order valence-corrected chi connectivity index (χ3v) is 5.58. The summed E-state index contributed by atoms with van der Waals surface area (Å²) < 4.78 is 1.82. The van der Waals surface area contributed by atoms with Crippen LogP contribution >= 0.6 is 0 Å². The number of rotatable bonds is 4. The molecule has 0 aliphatic heterocycles. The smallest absolute Gasteiger partial charge is 0.108 e. The molecular formula is C25H20N6. The number of nitrogens with zero attached hydrogens (tertiary/aromatic N) is 5. The number of aromatic nitrogens is 4. The largest absolute Gasteiger partial charge is 0.377 e. The van der Waals surface area contributed by atoms with Crippen LogP contribution < -0.4 is 5.32 Å². The van der Waals surface area contributed by atoms with E-state index in [2.05, 4.69) is 57.6 Å². The molecule has 0 spiro atoms. The predicted molar refractivity (Wildman–Crippen MR) is 122 cm³/mol. The maximum Gasteiger partial charge on any atom is 0.108 e. The van der Waals surface area contributed by atoms with Crippen LogP contribution in [0.5, 0.6) is 0 Å². The zero-order chi connectivity index (χ0) is 21.4. The quantitative estimate of drug-likeness (QED) is 0.444. The average molecular weight is 404 g/mol. The Bertz CT molecular complexity index is 1450. The van der Waals surface area contributed by atoms with Crippen molar-refractivity contribution in [2.45, 2.75) is 13.0 Å². The first-order valence-corrected chi connectivity index (χ1v) is 10.1. The Labute approximate surface area is 179 Å². The monoisotopic (exact) mass is 404 g/mol. The molecule has 0 fully saturated rings. The molecule has 0 amide bonds. The minimum Gasteiger partial charge on any atom is -0.377 e. The molecule has 31 heavy (non-hydrogen) atoms. The average Bonchev–Trinajstić information content (AvgIpc) is 3.19. The molecule has 0 aliphatic rings. The van der Waals surface area contributed by atoms with Crippen molar-refractivity contribution in [1.82, 2.24) is 19.7 Å². The SMILES string of the molecule is CC(Nc1c(C#N)cnc2ccc(-c3cnc4cnn(C)c4c3)cc12)c1ccccc1. The number of pyridine rings is 2. The molecule has 3 heterocycles. The van der Waals surface area contributed by atoms with E-state index in [1.807, 2.05) is 48.3 Å². The summed E-state index contributed by atoms with van der Waals surface area (Å²) in [6.07, 6.45) is 5.24. The summed E-state index contributed by atoms with van der Waals surface area (Å²) >= 11 is 0. The van der Waals surface area contributed by atoms with Gasteiger partial charge in [-0.1, -0.05) is 36.4 Å².